The van der Waals surface area contributed by atoms with Gasteiger partial charge in [-0.1, -0.05) is 23.8 Å². The van der Waals surface area contributed by atoms with Gasteiger partial charge in [-0.25, -0.2) is 5.90 Å². The standard InChI is InChI=1S/C10H15NO/c1-8-3-4-10(5-6-12-11)9(2)7-8/h3-4,7H,5-6,11H2,1-2H3. The molecular formula is C10H15NO. The maximum atomic E-state index is 4.96. The second-order valence-corrected chi connectivity index (χ2v) is 3.05. The van der Waals surface area contributed by atoms with Crippen LogP contribution in [0.1, 0.15) is 16.7 Å². The first-order valence-corrected chi connectivity index (χ1v) is 4.12. The third-order valence-corrected chi connectivity index (χ3v) is 1.99. The number of hydrogen-bond acceptors (Lipinski definition) is 2. The molecule has 0 aliphatic heterocycles. The highest BCUT2D eigenvalue weighted by atomic mass is 16.6. The fourth-order valence-corrected chi connectivity index (χ4v) is 1.30. The largest absolute Gasteiger partial charge is 0.304 e. The zero-order valence-electron chi connectivity index (χ0n) is 7.63. The van der Waals surface area contributed by atoms with Crippen molar-refractivity contribution in [1.29, 1.82) is 0 Å². The van der Waals surface area contributed by atoms with E-state index in [-0.39, 0.29) is 0 Å². The quantitative estimate of drug-likeness (QED) is 0.692. The first kappa shape index (κ1) is 9.23. The van der Waals surface area contributed by atoms with Crippen LogP contribution in [0.25, 0.3) is 0 Å². The highest BCUT2D eigenvalue weighted by Gasteiger charge is 1.97. The Balaban J connectivity index is 2.72. The van der Waals surface area contributed by atoms with Crippen molar-refractivity contribution in [2.75, 3.05) is 6.61 Å². The van der Waals surface area contributed by atoms with E-state index in [1.807, 2.05) is 0 Å². The van der Waals surface area contributed by atoms with E-state index in [1.165, 1.54) is 16.7 Å². The molecule has 0 aliphatic rings. The zero-order chi connectivity index (χ0) is 8.97. The van der Waals surface area contributed by atoms with Crippen molar-refractivity contribution < 1.29 is 4.84 Å². The highest BCUT2D eigenvalue weighted by molar-refractivity contribution is 5.30. The van der Waals surface area contributed by atoms with Crippen LogP contribution < -0.4 is 5.90 Å². The average molecular weight is 165 g/mol. The van der Waals surface area contributed by atoms with Gasteiger partial charge in [0.05, 0.1) is 6.61 Å². The Morgan fingerprint density at radius 3 is 2.67 bits per heavy atom. The van der Waals surface area contributed by atoms with Crippen molar-refractivity contribution in [2.24, 2.45) is 5.90 Å². The molecule has 1 aromatic carbocycles. The summed E-state index contributed by atoms with van der Waals surface area (Å²) < 4.78 is 0. The Morgan fingerprint density at radius 1 is 1.33 bits per heavy atom. The van der Waals surface area contributed by atoms with Gasteiger partial charge < -0.3 is 4.84 Å². The van der Waals surface area contributed by atoms with Crippen LogP contribution in [0.3, 0.4) is 0 Å². The Kier molecular flexibility index (Phi) is 3.26. The van der Waals surface area contributed by atoms with Crippen molar-refractivity contribution in [2.45, 2.75) is 20.3 Å². The molecule has 0 heterocycles. The van der Waals surface area contributed by atoms with Crippen LogP contribution in [0.15, 0.2) is 18.2 Å². The van der Waals surface area contributed by atoms with Crippen molar-refractivity contribution in [3.63, 3.8) is 0 Å². The van der Waals surface area contributed by atoms with E-state index in [0.29, 0.717) is 6.61 Å². The molecule has 0 aromatic heterocycles. The molecule has 0 saturated carbocycles. The lowest BCUT2D eigenvalue weighted by Crippen LogP contribution is -2.04. The smallest absolute Gasteiger partial charge is 0.0719 e. The number of benzene rings is 1. The third-order valence-electron chi connectivity index (χ3n) is 1.99. The minimum atomic E-state index is 0.587. The minimum Gasteiger partial charge on any atom is -0.304 e. The third kappa shape index (κ3) is 2.32. The Labute approximate surface area is 73.3 Å². The molecule has 66 valence electrons. The van der Waals surface area contributed by atoms with E-state index < -0.39 is 0 Å². The Morgan fingerprint density at radius 2 is 2.08 bits per heavy atom. The maximum absolute atomic E-state index is 4.96. The summed E-state index contributed by atoms with van der Waals surface area (Å²) in [6.07, 6.45) is 0.891. The van der Waals surface area contributed by atoms with Crippen LogP contribution in [0.4, 0.5) is 0 Å². The lowest BCUT2D eigenvalue weighted by Gasteiger charge is -2.05. The maximum Gasteiger partial charge on any atom is 0.0719 e. The molecule has 0 aliphatic carbocycles. The van der Waals surface area contributed by atoms with Gasteiger partial charge in [0.25, 0.3) is 0 Å². The normalized spacial score (nSPS) is 10.2. The molecule has 0 radical (unpaired) electrons. The number of hydrogen-bond donors (Lipinski definition) is 1. The zero-order valence-corrected chi connectivity index (χ0v) is 7.63. The van der Waals surface area contributed by atoms with Gasteiger partial charge >= 0.3 is 0 Å². The second-order valence-electron chi connectivity index (χ2n) is 3.05. The molecular weight excluding hydrogens is 150 g/mol. The van der Waals surface area contributed by atoms with Crippen LogP contribution in [0.5, 0.6) is 0 Å². The summed E-state index contributed by atoms with van der Waals surface area (Å²) in [6.45, 7) is 4.79. The molecule has 0 atom stereocenters. The summed E-state index contributed by atoms with van der Waals surface area (Å²) in [6, 6.07) is 6.41. The summed E-state index contributed by atoms with van der Waals surface area (Å²) in [4.78, 5) is 4.53. The minimum absolute atomic E-state index is 0.587. The summed E-state index contributed by atoms with van der Waals surface area (Å²) in [5.41, 5.74) is 3.92. The van der Waals surface area contributed by atoms with Crippen molar-refractivity contribution >= 4 is 0 Å². The van der Waals surface area contributed by atoms with E-state index in [2.05, 4.69) is 36.9 Å². The summed E-state index contributed by atoms with van der Waals surface area (Å²) in [5.74, 6) is 4.96. The monoisotopic (exact) mass is 165 g/mol. The first-order chi connectivity index (χ1) is 5.74. The van der Waals surface area contributed by atoms with E-state index in [9.17, 15) is 0 Å². The van der Waals surface area contributed by atoms with Crippen LogP contribution in [0.2, 0.25) is 0 Å². The molecule has 2 N–H and O–H groups in total. The van der Waals surface area contributed by atoms with E-state index in [1.54, 1.807) is 0 Å². The molecule has 1 rings (SSSR count). The summed E-state index contributed by atoms with van der Waals surface area (Å²) >= 11 is 0. The Hall–Kier alpha value is -0.860. The van der Waals surface area contributed by atoms with Crippen LogP contribution in [0, 0.1) is 13.8 Å². The first-order valence-electron chi connectivity index (χ1n) is 4.12. The predicted molar refractivity (Wildman–Crippen MR) is 49.8 cm³/mol. The van der Waals surface area contributed by atoms with Gasteiger partial charge in [0.15, 0.2) is 0 Å². The van der Waals surface area contributed by atoms with E-state index in [4.69, 9.17) is 5.90 Å². The predicted octanol–water partition coefficient (Wildman–Crippen LogP) is 1.74. The van der Waals surface area contributed by atoms with Crippen molar-refractivity contribution in [3.8, 4) is 0 Å². The number of nitrogens with two attached hydrogens (primary N) is 1. The molecule has 0 spiro atoms. The van der Waals surface area contributed by atoms with Gasteiger partial charge in [-0.15, -0.1) is 0 Å². The van der Waals surface area contributed by atoms with E-state index >= 15 is 0 Å². The SMILES string of the molecule is Cc1ccc(CCON)c(C)c1. The van der Waals surface area contributed by atoms with Gasteiger partial charge in [0, 0.05) is 0 Å². The molecule has 1 aromatic rings. The highest BCUT2D eigenvalue weighted by Crippen LogP contribution is 2.10. The molecule has 0 amide bonds. The second kappa shape index (κ2) is 4.24. The molecule has 2 heteroatoms. The molecule has 2 nitrogen and oxygen atoms in total. The number of rotatable bonds is 3. The molecule has 0 bridgehead atoms. The fraction of sp³-hybridized carbons (Fsp3) is 0.400. The van der Waals surface area contributed by atoms with Crippen LogP contribution >= 0.6 is 0 Å². The number of aryl methyl sites for hydroxylation is 2. The van der Waals surface area contributed by atoms with Gasteiger partial charge in [-0.05, 0) is 31.4 Å². The van der Waals surface area contributed by atoms with Gasteiger partial charge in [-0.2, -0.15) is 0 Å². The van der Waals surface area contributed by atoms with Gasteiger partial charge in [-0.3, -0.25) is 0 Å². The summed E-state index contributed by atoms with van der Waals surface area (Å²) in [5, 5.41) is 0. The molecule has 12 heavy (non-hydrogen) atoms. The van der Waals surface area contributed by atoms with Gasteiger partial charge in [0.2, 0.25) is 0 Å². The fourth-order valence-electron chi connectivity index (χ4n) is 1.30. The average Bonchev–Trinajstić information content (AvgIpc) is 2.03. The van der Waals surface area contributed by atoms with Gasteiger partial charge in [0.1, 0.15) is 0 Å². The molecule has 0 fully saturated rings. The summed E-state index contributed by atoms with van der Waals surface area (Å²) in [7, 11) is 0. The Bertz CT molecular complexity index is 258. The van der Waals surface area contributed by atoms with E-state index in [0.717, 1.165) is 6.42 Å². The molecule has 0 saturated heterocycles. The van der Waals surface area contributed by atoms with Crippen molar-refractivity contribution in [1.82, 2.24) is 0 Å². The topological polar surface area (TPSA) is 35.2 Å². The van der Waals surface area contributed by atoms with Crippen molar-refractivity contribution in [3.05, 3.63) is 34.9 Å². The van der Waals surface area contributed by atoms with Crippen LogP contribution in [-0.4, -0.2) is 6.61 Å². The lowest BCUT2D eigenvalue weighted by atomic mass is 10.0. The van der Waals surface area contributed by atoms with Crippen LogP contribution in [-0.2, 0) is 11.3 Å². The lowest BCUT2D eigenvalue weighted by molar-refractivity contribution is 0.141. The molecule has 0 unspecified atom stereocenters.